The maximum atomic E-state index is 10.5. The molecule has 0 aromatic rings. The SMILES string of the molecule is C#CC1C[C@H](O)CC2CC[C@@H]3[C@H](CC[C@]4(C)[C@@H](O)CC[C@@H]34)[C@@]12C. The van der Waals surface area contributed by atoms with Crippen molar-refractivity contribution in [3.63, 3.8) is 0 Å². The van der Waals surface area contributed by atoms with Crippen LogP contribution >= 0.6 is 0 Å². The Bertz CT molecular complexity index is 522. The van der Waals surface area contributed by atoms with Crippen LogP contribution in [0.1, 0.15) is 65.2 Å². The molecule has 2 N–H and O–H groups in total. The second-order valence-corrected chi connectivity index (χ2v) is 9.50. The Kier molecular flexibility index (Phi) is 3.64. The van der Waals surface area contributed by atoms with Crippen molar-refractivity contribution in [2.45, 2.75) is 77.4 Å². The van der Waals surface area contributed by atoms with Crippen LogP contribution in [0.5, 0.6) is 0 Å². The minimum Gasteiger partial charge on any atom is -0.393 e. The summed E-state index contributed by atoms with van der Waals surface area (Å²) in [5.41, 5.74) is 0.343. The van der Waals surface area contributed by atoms with Gasteiger partial charge in [-0.1, -0.05) is 13.8 Å². The van der Waals surface area contributed by atoms with Gasteiger partial charge >= 0.3 is 0 Å². The third-order valence-electron chi connectivity index (χ3n) is 8.93. The molecule has 4 rings (SSSR count). The molecule has 0 bridgehead atoms. The summed E-state index contributed by atoms with van der Waals surface area (Å²) >= 11 is 0. The van der Waals surface area contributed by atoms with E-state index in [1.54, 1.807) is 0 Å². The smallest absolute Gasteiger partial charge is 0.0596 e. The monoisotopic (exact) mass is 316 g/mol. The van der Waals surface area contributed by atoms with Crippen LogP contribution in [0.3, 0.4) is 0 Å². The normalized spacial score (nSPS) is 58.7. The first kappa shape index (κ1) is 16.0. The van der Waals surface area contributed by atoms with Crippen LogP contribution in [-0.2, 0) is 0 Å². The quantitative estimate of drug-likeness (QED) is 0.670. The fourth-order valence-electron chi connectivity index (χ4n) is 7.56. The maximum absolute atomic E-state index is 10.5. The number of hydrogen-bond acceptors (Lipinski definition) is 2. The summed E-state index contributed by atoms with van der Waals surface area (Å²) in [7, 11) is 0. The molecule has 0 aromatic carbocycles. The van der Waals surface area contributed by atoms with Crippen LogP contribution < -0.4 is 0 Å². The zero-order valence-corrected chi connectivity index (χ0v) is 14.7. The van der Waals surface area contributed by atoms with E-state index in [2.05, 4.69) is 19.8 Å². The van der Waals surface area contributed by atoms with Gasteiger partial charge in [-0.05, 0) is 85.9 Å². The van der Waals surface area contributed by atoms with Gasteiger partial charge in [0.2, 0.25) is 0 Å². The average molecular weight is 316 g/mol. The number of terminal acetylenes is 1. The summed E-state index contributed by atoms with van der Waals surface area (Å²) in [4.78, 5) is 0. The summed E-state index contributed by atoms with van der Waals surface area (Å²) in [6.45, 7) is 4.78. The highest BCUT2D eigenvalue weighted by Crippen LogP contribution is 2.67. The van der Waals surface area contributed by atoms with Gasteiger partial charge in [0.05, 0.1) is 12.2 Å². The van der Waals surface area contributed by atoms with Crippen molar-refractivity contribution in [3.05, 3.63) is 0 Å². The Morgan fingerprint density at radius 3 is 2.48 bits per heavy atom. The zero-order valence-electron chi connectivity index (χ0n) is 14.7. The van der Waals surface area contributed by atoms with E-state index in [1.165, 1.54) is 25.7 Å². The highest BCUT2D eigenvalue weighted by molar-refractivity contribution is 5.15. The first-order chi connectivity index (χ1) is 10.9. The molecule has 128 valence electrons. The fraction of sp³-hybridized carbons (Fsp3) is 0.905. The molecule has 0 heterocycles. The number of fused-ring (bicyclic) bond motifs is 5. The van der Waals surface area contributed by atoms with E-state index in [9.17, 15) is 10.2 Å². The third-order valence-corrected chi connectivity index (χ3v) is 8.93. The van der Waals surface area contributed by atoms with Crippen molar-refractivity contribution in [1.82, 2.24) is 0 Å². The lowest BCUT2D eigenvalue weighted by molar-refractivity contribution is -0.149. The molecule has 2 heteroatoms. The van der Waals surface area contributed by atoms with Crippen molar-refractivity contribution in [2.75, 3.05) is 0 Å². The molecule has 4 aliphatic rings. The van der Waals surface area contributed by atoms with Gasteiger partial charge in [0.1, 0.15) is 0 Å². The maximum Gasteiger partial charge on any atom is 0.0596 e. The topological polar surface area (TPSA) is 40.5 Å². The van der Waals surface area contributed by atoms with Crippen molar-refractivity contribution in [2.24, 2.45) is 40.4 Å². The minimum absolute atomic E-state index is 0.101. The minimum atomic E-state index is -0.201. The lowest BCUT2D eigenvalue weighted by Gasteiger charge is -2.62. The number of aliphatic hydroxyl groups is 2. The molecule has 0 aliphatic heterocycles. The van der Waals surface area contributed by atoms with Gasteiger partial charge in [0.15, 0.2) is 0 Å². The fourth-order valence-corrected chi connectivity index (χ4v) is 7.56. The van der Waals surface area contributed by atoms with E-state index < -0.39 is 0 Å². The van der Waals surface area contributed by atoms with Gasteiger partial charge < -0.3 is 10.2 Å². The zero-order chi connectivity index (χ0) is 16.4. The molecule has 0 saturated heterocycles. The van der Waals surface area contributed by atoms with Crippen molar-refractivity contribution in [1.29, 1.82) is 0 Å². The van der Waals surface area contributed by atoms with Crippen LogP contribution in [0.15, 0.2) is 0 Å². The van der Waals surface area contributed by atoms with E-state index in [1.807, 2.05) is 0 Å². The van der Waals surface area contributed by atoms with Crippen molar-refractivity contribution >= 4 is 0 Å². The molecule has 4 aliphatic carbocycles. The molecule has 9 atom stereocenters. The van der Waals surface area contributed by atoms with E-state index in [0.29, 0.717) is 17.8 Å². The molecule has 0 aromatic heterocycles. The lowest BCUT2D eigenvalue weighted by Crippen LogP contribution is -2.57. The predicted molar refractivity (Wildman–Crippen MR) is 91.4 cm³/mol. The Morgan fingerprint density at radius 2 is 1.74 bits per heavy atom. The number of rotatable bonds is 0. The van der Waals surface area contributed by atoms with E-state index in [-0.39, 0.29) is 29.0 Å². The predicted octanol–water partition coefficient (Wildman–Crippen LogP) is 3.61. The van der Waals surface area contributed by atoms with Gasteiger partial charge in [-0.25, -0.2) is 0 Å². The second kappa shape index (κ2) is 5.24. The second-order valence-electron chi connectivity index (χ2n) is 9.50. The molecule has 0 spiro atoms. The molecule has 0 radical (unpaired) electrons. The van der Waals surface area contributed by atoms with Crippen LogP contribution in [0.2, 0.25) is 0 Å². The largest absolute Gasteiger partial charge is 0.393 e. The first-order valence-electron chi connectivity index (χ1n) is 9.73. The standard InChI is InChI=1S/C21H32O2/c1-4-13-11-15(22)12-14-5-6-16-17-7-8-19(23)20(17,2)10-9-18(16)21(13,14)3/h1,13-19,22-23H,5-12H2,2-3H3/t13?,14?,15-,16-,17-,18-,19-,20-,21-/m0/s1. The number of aliphatic hydroxyl groups excluding tert-OH is 2. The summed E-state index contributed by atoms with van der Waals surface area (Å²) in [5, 5.41) is 20.8. The van der Waals surface area contributed by atoms with Crippen LogP contribution in [0, 0.1) is 52.8 Å². The van der Waals surface area contributed by atoms with Crippen molar-refractivity contribution < 1.29 is 10.2 Å². The Labute approximate surface area is 141 Å². The van der Waals surface area contributed by atoms with E-state index in [0.717, 1.165) is 31.6 Å². The van der Waals surface area contributed by atoms with Crippen LogP contribution in [0.25, 0.3) is 0 Å². The Hall–Kier alpha value is -0.520. The molecule has 2 unspecified atom stereocenters. The third kappa shape index (κ3) is 2.02. The summed E-state index contributed by atoms with van der Waals surface area (Å²) < 4.78 is 0. The number of hydrogen-bond donors (Lipinski definition) is 2. The summed E-state index contributed by atoms with van der Waals surface area (Å²) in [5.74, 6) is 5.99. The van der Waals surface area contributed by atoms with Gasteiger partial charge in [0, 0.05) is 5.92 Å². The van der Waals surface area contributed by atoms with Gasteiger partial charge in [-0.2, -0.15) is 0 Å². The van der Waals surface area contributed by atoms with Crippen molar-refractivity contribution in [3.8, 4) is 12.3 Å². The highest BCUT2D eigenvalue weighted by atomic mass is 16.3. The molecular formula is C21H32O2. The molecule has 0 amide bonds. The lowest BCUT2D eigenvalue weighted by atomic mass is 9.43. The Balaban J connectivity index is 1.68. The van der Waals surface area contributed by atoms with Crippen LogP contribution in [-0.4, -0.2) is 22.4 Å². The Morgan fingerprint density at radius 1 is 0.957 bits per heavy atom. The van der Waals surface area contributed by atoms with E-state index in [4.69, 9.17) is 6.42 Å². The van der Waals surface area contributed by atoms with Gasteiger partial charge in [-0.3, -0.25) is 0 Å². The summed E-state index contributed by atoms with van der Waals surface area (Å²) in [6.07, 6.45) is 14.4. The summed E-state index contributed by atoms with van der Waals surface area (Å²) in [6, 6.07) is 0. The average Bonchev–Trinajstić information content (AvgIpc) is 2.83. The first-order valence-corrected chi connectivity index (χ1v) is 9.73. The molecule has 23 heavy (non-hydrogen) atoms. The molecule has 4 fully saturated rings. The highest BCUT2D eigenvalue weighted by Gasteiger charge is 2.62. The van der Waals surface area contributed by atoms with E-state index >= 15 is 0 Å². The molecular weight excluding hydrogens is 284 g/mol. The molecule has 4 saturated carbocycles. The van der Waals surface area contributed by atoms with Crippen LogP contribution in [0.4, 0.5) is 0 Å². The van der Waals surface area contributed by atoms with Gasteiger partial charge in [0.25, 0.3) is 0 Å². The molecule has 2 nitrogen and oxygen atoms in total. The van der Waals surface area contributed by atoms with Gasteiger partial charge in [-0.15, -0.1) is 12.3 Å².